The van der Waals surface area contributed by atoms with Crippen LogP contribution in [0.25, 0.3) is 0 Å². The first kappa shape index (κ1) is 25.7. The number of hydrogen-bond donors (Lipinski definition) is 3. The smallest absolute Gasteiger partial charge is 0.158 e. The standard InChI is InChI=1S/C24H35ClN6OS2/c1-4-23(2,3)34(32)30-18-9-6-10-24(18)11-13-31(14-12-24)19-15-28-22(21(27)29-19)33-17-8-5-7-16(26)20(17)25/h5,7-8,15,18,30H,4,6,9-14,26H2,1-3H3,(H2,27,29)/t18-,34-/m1/s1. The molecule has 1 saturated heterocycles. The quantitative estimate of drug-likeness (QED) is 0.342. The Hall–Kier alpha value is -1.39. The molecule has 34 heavy (non-hydrogen) atoms. The third-order valence-corrected chi connectivity index (χ3v) is 10.9. The summed E-state index contributed by atoms with van der Waals surface area (Å²) in [6.07, 6.45) is 8.24. The highest BCUT2D eigenvalue weighted by Crippen LogP contribution is 2.47. The number of halogens is 1. The van der Waals surface area contributed by atoms with Crippen molar-refractivity contribution in [3.8, 4) is 0 Å². The molecular weight excluding hydrogens is 488 g/mol. The highest BCUT2D eigenvalue weighted by molar-refractivity contribution is 7.99. The number of nitrogen functional groups attached to an aromatic ring is 2. The van der Waals surface area contributed by atoms with Crippen LogP contribution in [0.4, 0.5) is 17.3 Å². The van der Waals surface area contributed by atoms with Crippen molar-refractivity contribution < 1.29 is 4.55 Å². The molecule has 2 aromatic rings. The molecule has 2 fully saturated rings. The predicted molar refractivity (Wildman–Crippen MR) is 144 cm³/mol. The Bertz CT molecular complexity index is 1010. The topological polar surface area (TPSA) is 116 Å². The summed E-state index contributed by atoms with van der Waals surface area (Å²) in [5.74, 6) is 1.19. The molecule has 1 aliphatic heterocycles. The highest BCUT2D eigenvalue weighted by Gasteiger charge is 2.48. The molecule has 186 valence electrons. The van der Waals surface area contributed by atoms with Gasteiger partial charge in [0.2, 0.25) is 0 Å². The summed E-state index contributed by atoms with van der Waals surface area (Å²) >= 11 is 6.65. The molecule has 2 atom stereocenters. The molecule has 0 amide bonds. The molecule has 1 saturated carbocycles. The lowest BCUT2D eigenvalue weighted by molar-refractivity contribution is 0.186. The van der Waals surface area contributed by atoms with Crippen molar-refractivity contribution in [3.63, 3.8) is 0 Å². The van der Waals surface area contributed by atoms with E-state index in [9.17, 15) is 4.55 Å². The summed E-state index contributed by atoms with van der Waals surface area (Å²) in [5, 5.41) is 1.12. The van der Waals surface area contributed by atoms with Crippen molar-refractivity contribution in [2.75, 3.05) is 29.5 Å². The number of benzene rings is 1. The van der Waals surface area contributed by atoms with Crippen LogP contribution in [-0.4, -0.2) is 38.4 Å². The van der Waals surface area contributed by atoms with Gasteiger partial charge in [-0.15, -0.1) is 4.72 Å². The monoisotopic (exact) mass is 522 g/mol. The van der Waals surface area contributed by atoms with Gasteiger partial charge in [-0.25, -0.2) is 9.97 Å². The van der Waals surface area contributed by atoms with Crippen LogP contribution in [0.1, 0.15) is 59.3 Å². The third kappa shape index (κ3) is 5.23. The summed E-state index contributed by atoms with van der Waals surface area (Å²) in [5.41, 5.74) is 12.9. The molecule has 1 aliphatic carbocycles. The molecule has 10 heteroatoms. The van der Waals surface area contributed by atoms with Gasteiger partial charge < -0.3 is 20.9 Å². The average Bonchev–Trinajstić information content (AvgIpc) is 3.19. The number of nitrogens with one attached hydrogen (secondary N) is 1. The number of nitrogens with zero attached hydrogens (tertiary/aromatic N) is 3. The Morgan fingerprint density at radius 3 is 2.71 bits per heavy atom. The predicted octanol–water partition coefficient (Wildman–Crippen LogP) is 5.03. The minimum absolute atomic E-state index is 0.203. The second-order valence-electron chi connectivity index (χ2n) is 9.97. The van der Waals surface area contributed by atoms with Crippen LogP contribution in [0.3, 0.4) is 0 Å². The van der Waals surface area contributed by atoms with Gasteiger partial charge in [0.1, 0.15) is 15.6 Å². The number of rotatable bonds is 7. The Morgan fingerprint density at radius 1 is 1.29 bits per heavy atom. The van der Waals surface area contributed by atoms with Gasteiger partial charge in [-0.1, -0.05) is 42.8 Å². The SMILES string of the molecule is CCC(C)(C)[S@@+]([O-])N[C@@H]1CCCC12CCN(c1cnc(Sc3cccc(N)c3Cl)c(N)n1)CC2. The molecule has 1 spiro atoms. The fourth-order valence-electron chi connectivity index (χ4n) is 4.85. The van der Waals surface area contributed by atoms with Gasteiger partial charge in [0.05, 0.1) is 22.9 Å². The van der Waals surface area contributed by atoms with E-state index in [1.54, 1.807) is 12.3 Å². The Labute approximate surface area is 215 Å². The lowest BCUT2D eigenvalue weighted by atomic mass is 9.74. The van der Waals surface area contributed by atoms with Crippen LogP contribution in [0.2, 0.25) is 5.02 Å². The van der Waals surface area contributed by atoms with Crippen LogP contribution in [0.5, 0.6) is 0 Å². The number of nitrogens with two attached hydrogens (primary N) is 2. The van der Waals surface area contributed by atoms with Gasteiger partial charge in [-0.3, -0.25) is 0 Å². The van der Waals surface area contributed by atoms with E-state index in [0.29, 0.717) is 27.6 Å². The average molecular weight is 523 g/mol. The van der Waals surface area contributed by atoms with E-state index in [0.717, 1.165) is 49.5 Å². The highest BCUT2D eigenvalue weighted by atomic mass is 35.5. The molecule has 7 nitrogen and oxygen atoms in total. The normalized spacial score (nSPS) is 21.2. The molecule has 2 aliphatic rings. The number of aromatic nitrogens is 2. The number of anilines is 3. The van der Waals surface area contributed by atoms with Gasteiger partial charge in [-0.2, -0.15) is 0 Å². The fourth-order valence-corrected chi connectivity index (χ4v) is 7.11. The molecule has 5 N–H and O–H groups in total. The first-order chi connectivity index (χ1) is 16.1. The summed E-state index contributed by atoms with van der Waals surface area (Å²) in [7, 11) is 0. The molecule has 1 aromatic heterocycles. The Morgan fingerprint density at radius 2 is 2.03 bits per heavy atom. The van der Waals surface area contributed by atoms with Gasteiger partial charge in [0.15, 0.2) is 5.82 Å². The number of piperidine rings is 1. The van der Waals surface area contributed by atoms with E-state index < -0.39 is 11.4 Å². The maximum Gasteiger partial charge on any atom is 0.158 e. The second kappa shape index (κ2) is 10.3. The zero-order valence-corrected chi connectivity index (χ0v) is 22.5. The lowest BCUT2D eigenvalue weighted by Crippen LogP contribution is -2.53. The van der Waals surface area contributed by atoms with E-state index in [-0.39, 0.29) is 10.2 Å². The van der Waals surface area contributed by atoms with Crippen LogP contribution >= 0.6 is 23.4 Å². The molecule has 0 bridgehead atoms. The van der Waals surface area contributed by atoms with Crippen molar-refractivity contribution in [3.05, 3.63) is 29.4 Å². The summed E-state index contributed by atoms with van der Waals surface area (Å²) in [6, 6.07) is 5.82. The largest absolute Gasteiger partial charge is 0.598 e. The molecule has 4 rings (SSSR count). The minimum atomic E-state index is -1.04. The maximum absolute atomic E-state index is 12.9. The molecule has 1 aromatic carbocycles. The van der Waals surface area contributed by atoms with Gasteiger partial charge in [0.25, 0.3) is 0 Å². The van der Waals surface area contributed by atoms with Gasteiger partial charge >= 0.3 is 0 Å². The van der Waals surface area contributed by atoms with E-state index in [4.69, 9.17) is 23.1 Å². The van der Waals surface area contributed by atoms with Crippen molar-refractivity contribution in [2.24, 2.45) is 5.41 Å². The maximum atomic E-state index is 12.9. The van der Waals surface area contributed by atoms with E-state index in [1.165, 1.54) is 24.6 Å². The van der Waals surface area contributed by atoms with E-state index in [1.807, 2.05) is 12.1 Å². The minimum Gasteiger partial charge on any atom is -0.598 e. The van der Waals surface area contributed by atoms with Crippen molar-refractivity contribution in [1.82, 2.24) is 14.7 Å². The zero-order chi connectivity index (χ0) is 24.5. The van der Waals surface area contributed by atoms with Crippen LogP contribution in [0.15, 0.2) is 34.3 Å². The first-order valence-electron chi connectivity index (χ1n) is 11.9. The number of hydrogen-bond acceptors (Lipinski definition) is 8. The van der Waals surface area contributed by atoms with Crippen molar-refractivity contribution in [2.45, 2.75) is 80.0 Å². The van der Waals surface area contributed by atoms with E-state index >= 15 is 0 Å². The fraction of sp³-hybridized carbons (Fsp3) is 0.583. The Kier molecular flexibility index (Phi) is 7.79. The van der Waals surface area contributed by atoms with E-state index in [2.05, 4.69) is 40.4 Å². The summed E-state index contributed by atoms with van der Waals surface area (Å²) in [4.78, 5) is 12.3. The molecule has 0 radical (unpaired) electrons. The van der Waals surface area contributed by atoms with Gasteiger partial charge in [0, 0.05) is 29.3 Å². The van der Waals surface area contributed by atoms with Crippen LogP contribution in [-0.2, 0) is 11.4 Å². The zero-order valence-electron chi connectivity index (χ0n) is 20.1. The Balaban J connectivity index is 1.41. The van der Waals surface area contributed by atoms with Crippen molar-refractivity contribution in [1.29, 1.82) is 0 Å². The molecule has 0 unspecified atom stereocenters. The third-order valence-electron chi connectivity index (χ3n) is 7.54. The second-order valence-corrected chi connectivity index (χ2v) is 13.3. The van der Waals surface area contributed by atoms with Crippen LogP contribution < -0.4 is 21.1 Å². The molecular formula is C24H35ClN6OS2. The first-order valence-corrected chi connectivity index (χ1v) is 14.3. The van der Waals surface area contributed by atoms with Crippen molar-refractivity contribution >= 4 is 52.0 Å². The lowest BCUT2D eigenvalue weighted by Gasteiger charge is -2.44. The summed E-state index contributed by atoms with van der Waals surface area (Å²) in [6.45, 7) is 8.04. The van der Waals surface area contributed by atoms with Crippen LogP contribution in [0, 0.1) is 5.41 Å². The molecule has 2 heterocycles. The van der Waals surface area contributed by atoms with Gasteiger partial charge in [-0.05, 0) is 63.5 Å². The summed E-state index contributed by atoms with van der Waals surface area (Å²) < 4.78 is 16.2.